The van der Waals surface area contributed by atoms with Gasteiger partial charge in [0.2, 0.25) is 0 Å². The SMILES string of the molecule is CSc1ccc(C=C2CCc3cc(OCCc4c[nH]cn4)ccc3C2=O)cc1. The van der Waals surface area contributed by atoms with E-state index in [0.717, 1.165) is 53.0 Å². The molecule has 0 radical (unpaired) electrons. The predicted molar refractivity (Wildman–Crippen MR) is 113 cm³/mol. The van der Waals surface area contributed by atoms with E-state index >= 15 is 0 Å². The maximum atomic E-state index is 12.9. The van der Waals surface area contributed by atoms with Gasteiger partial charge in [-0.15, -0.1) is 11.8 Å². The average Bonchev–Trinajstić information content (AvgIpc) is 3.24. The molecule has 0 saturated heterocycles. The molecule has 2 aromatic carbocycles. The highest BCUT2D eigenvalue weighted by Gasteiger charge is 2.22. The van der Waals surface area contributed by atoms with Crippen LogP contribution in [0.25, 0.3) is 6.08 Å². The largest absolute Gasteiger partial charge is 0.493 e. The quantitative estimate of drug-likeness (QED) is 0.477. The minimum atomic E-state index is 0.123. The number of nitrogens with zero attached hydrogens (tertiary/aromatic N) is 1. The summed E-state index contributed by atoms with van der Waals surface area (Å²) in [6.45, 7) is 0.564. The molecule has 0 atom stereocenters. The smallest absolute Gasteiger partial charge is 0.189 e. The highest BCUT2D eigenvalue weighted by molar-refractivity contribution is 7.98. The fraction of sp³-hybridized carbons (Fsp3) is 0.217. The number of Topliss-reactive ketones (excluding diaryl/α,β-unsaturated/α-hetero) is 1. The molecule has 0 aliphatic heterocycles. The Bertz CT molecular complexity index is 992. The van der Waals surface area contributed by atoms with Gasteiger partial charge in [-0.3, -0.25) is 4.79 Å². The summed E-state index contributed by atoms with van der Waals surface area (Å²) in [6.07, 6.45) is 9.98. The number of nitrogens with one attached hydrogen (secondary N) is 1. The number of hydrogen-bond acceptors (Lipinski definition) is 4. The summed E-state index contributed by atoms with van der Waals surface area (Å²) in [5.74, 6) is 0.931. The number of thioether (sulfide) groups is 1. The van der Waals surface area contributed by atoms with Crippen molar-refractivity contribution in [1.82, 2.24) is 9.97 Å². The summed E-state index contributed by atoms with van der Waals surface area (Å²) in [7, 11) is 0. The molecule has 1 heterocycles. The Kier molecular flexibility index (Phi) is 5.63. The van der Waals surface area contributed by atoms with Crippen LogP contribution in [0.1, 0.15) is 33.6 Å². The van der Waals surface area contributed by atoms with Gasteiger partial charge in [0.25, 0.3) is 0 Å². The molecule has 0 amide bonds. The van der Waals surface area contributed by atoms with Crippen LogP contribution in [0, 0.1) is 0 Å². The molecular weight excluding hydrogens is 368 g/mol. The number of aromatic amines is 1. The number of aromatic nitrogens is 2. The molecule has 1 aromatic heterocycles. The van der Waals surface area contributed by atoms with Crippen molar-refractivity contribution in [3.05, 3.63) is 82.9 Å². The fourth-order valence-electron chi connectivity index (χ4n) is 3.38. The van der Waals surface area contributed by atoms with Gasteiger partial charge in [-0.1, -0.05) is 12.1 Å². The first kappa shape index (κ1) is 18.6. The maximum Gasteiger partial charge on any atom is 0.189 e. The summed E-state index contributed by atoms with van der Waals surface area (Å²) < 4.78 is 5.84. The van der Waals surface area contributed by atoms with Crippen molar-refractivity contribution in [2.75, 3.05) is 12.9 Å². The van der Waals surface area contributed by atoms with Crippen molar-refractivity contribution in [2.24, 2.45) is 0 Å². The van der Waals surface area contributed by atoms with Gasteiger partial charge in [-0.25, -0.2) is 4.98 Å². The van der Waals surface area contributed by atoms with Gasteiger partial charge < -0.3 is 9.72 Å². The van der Waals surface area contributed by atoms with E-state index < -0.39 is 0 Å². The molecule has 1 aliphatic carbocycles. The van der Waals surface area contributed by atoms with Crippen molar-refractivity contribution in [2.45, 2.75) is 24.2 Å². The molecule has 28 heavy (non-hydrogen) atoms. The summed E-state index contributed by atoms with van der Waals surface area (Å²) >= 11 is 1.72. The number of rotatable bonds is 6. The number of allylic oxidation sites excluding steroid dienone is 1. The molecule has 1 aliphatic rings. The number of benzene rings is 2. The molecule has 4 rings (SSSR count). The van der Waals surface area contributed by atoms with Crippen LogP contribution in [0.2, 0.25) is 0 Å². The Hall–Kier alpha value is -2.79. The summed E-state index contributed by atoms with van der Waals surface area (Å²) in [5.41, 5.74) is 4.78. The summed E-state index contributed by atoms with van der Waals surface area (Å²) in [6, 6.07) is 14.1. The van der Waals surface area contributed by atoms with E-state index in [1.54, 1.807) is 18.1 Å². The Morgan fingerprint density at radius 3 is 2.79 bits per heavy atom. The summed E-state index contributed by atoms with van der Waals surface area (Å²) in [4.78, 5) is 21.3. The number of H-pyrrole nitrogens is 1. The molecule has 3 aromatic rings. The maximum absolute atomic E-state index is 12.9. The van der Waals surface area contributed by atoms with E-state index in [1.165, 1.54) is 4.90 Å². The van der Waals surface area contributed by atoms with Crippen LogP contribution in [0.4, 0.5) is 0 Å². The number of ketones is 1. The van der Waals surface area contributed by atoms with Crippen molar-refractivity contribution in [1.29, 1.82) is 0 Å². The number of ether oxygens (including phenoxy) is 1. The van der Waals surface area contributed by atoms with Gasteiger partial charge in [0.1, 0.15) is 5.75 Å². The van der Waals surface area contributed by atoms with E-state index in [0.29, 0.717) is 6.61 Å². The zero-order chi connectivity index (χ0) is 19.3. The standard InChI is InChI=1S/C23H22N2O2S/c1-28-21-7-2-16(3-8-21)12-18-5-4-17-13-20(6-9-22(17)23(18)26)27-11-10-19-14-24-15-25-19/h2-3,6-9,12-15H,4-5,10-11H2,1H3,(H,24,25). The van der Waals surface area contributed by atoms with Crippen LogP contribution in [0.3, 0.4) is 0 Å². The van der Waals surface area contributed by atoms with Gasteiger partial charge in [-0.05, 0) is 66.6 Å². The molecule has 5 heteroatoms. The second kappa shape index (κ2) is 8.48. The number of fused-ring (bicyclic) bond motifs is 1. The van der Waals surface area contributed by atoms with Crippen molar-refractivity contribution in [3.63, 3.8) is 0 Å². The van der Waals surface area contributed by atoms with Crippen LogP contribution in [0.15, 0.2) is 65.5 Å². The fourth-order valence-corrected chi connectivity index (χ4v) is 3.79. The second-order valence-corrected chi connectivity index (χ2v) is 7.63. The average molecular weight is 391 g/mol. The van der Waals surface area contributed by atoms with Gasteiger partial charge in [0, 0.05) is 28.6 Å². The molecule has 0 unspecified atom stereocenters. The highest BCUT2D eigenvalue weighted by Crippen LogP contribution is 2.30. The van der Waals surface area contributed by atoms with Crippen molar-refractivity contribution in [3.8, 4) is 5.75 Å². The lowest BCUT2D eigenvalue weighted by Gasteiger charge is -2.18. The van der Waals surface area contributed by atoms with Gasteiger partial charge >= 0.3 is 0 Å². The van der Waals surface area contributed by atoms with Gasteiger partial charge in [-0.2, -0.15) is 0 Å². The first-order valence-electron chi connectivity index (χ1n) is 9.35. The zero-order valence-corrected chi connectivity index (χ0v) is 16.6. The number of hydrogen-bond donors (Lipinski definition) is 1. The summed E-state index contributed by atoms with van der Waals surface area (Å²) in [5, 5.41) is 0. The molecule has 0 saturated carbocycles. The first-order valence-corrected chi connectivity index (χ1v) is 10.6. The minimum Gasteiger partial charge on any atom is -0.493 e. The van der Waals surface area contributed by atoms with E-state index in [-0.39, 0.29) is 5.78 Å². The van der Waals surface area contributed by atoms with Crippen molar-refractivity contribution < 1.29 is 9.53 Å². The molecule has 4 nitrogen and oxygen atoms in total. The van der Waals surface area contributed by atoms with Crippen LogP contribution in [-0.4, -0.2) is 28.6 Å². The number of imidazole rings is 1. The van der Waals surface area contributed by atoms with E-state index in [2.05, 4.69) is 40.5 Å². The molecule has 0 fully saturated rings. The van der Waals surface area contributed by atoms with Crippen LogP contribution < -0.4 is 4.74 Å². The molecule has 0 spiro atoms. The zero-order valence-electron chi connectivity index (χ0n) is 15.8. The lowest BCUT2D eigenvalue weighted by atomic mass is 9.86. The third-order valence-corrected chi connectivity index (χ3v) is 5.66. The predicted octanol–water partition coefficient (Wildman–Crippen LogP) is 4.97. The Balaban J connectivity index is 1.45. The monoisotopic (exact) mass is 390 g/mol. The molecule has 0 bridgehead atoms. The van der Waals surface area contributed by atoms with Gasteiger partial charge in [0.15, 0.2) is 5.78 Å². The van der Waals surface area contributed by atoms with Crippen LogP contribution >= 0.6 is 11.8 Å². The lowest BCUT2D eigenvalue weighted by Crippen LogP contribution is -2.14. The number of carbonyl (C=O) groups is 1. The Labute approximate surface area is 169 Å². The topological polar surface area (TPSA) is 55.0 Å². The van der Waals surface area contributed by atoms with Crippen LogP contribution in [-0.2, 0) is 12.8 Å². The third kappa shape index (κ3) is 4.20. The van der Waals surface area contributed by atoms with Crippen molar-refractivity contribution >= 4 is 23.6 Å². The van der Waals surface area contributed by atoms with E-state index in [9.17, 15) is 4.79 Å². The number of carbonyl (C=O) groups excluding carboxylic acids is 1. The highest BCUT2D eigenvalue weighted by atomic mass is 32.2. The second-order valence-electron chi connectivity index (χ2n) is 6.75. The third-order valence-electron chi connectivity index (χ3n) is 4.92. The van der Waals surface area contributed by atoms with E-state index in [4.69, 9.17) is 4.74 Å². The minimum absolute atomic E-state index is 0.123. The molecular formula is C23H22N2O2S. The normalized spacial score (nSPS) is 14.9. The van der Waals surface area contributed by atoms with E-state index in [1.807, 2.05) is 30.5 Å². The van der Waals surface area contributed by atoms with Crippen LogP contribution in [0.5, 0.6) is 5.75 Å². The van der Waals surface area contributed by atoms with Gasteiger partial charge in [0.05, 0.1) is 18.6 Å². The molecule has 142 valence electrons. The molecule has 1 N–H and O–H groups in total. The Morgan fingerprint density at radius 2 is 2.04 bits per heavy atom. The Morgan fingerprint density at radius 1 is 1.18 bits per heavy atom. The lowest BCUT2D eigenvalue weighted by molar-refractivity contribution is 0.102. The first-order chi connectivity index (χ1) is 13.7. The number of aryl methyl sites for hydroxylation is 1.